The van der Waals surface area contributed by atoms with E-state index in [1.165, 1.54) is 24.3 Å². The van der Waals surface area contributed by atoms with E-state index in [-0.39, 0.29) is 23.8 Å². The molecule has 1 fully saturated rings. The fourth-order valence-electron chi connectivity index (χ4n) is 2.46. The quantitative estimate of drug-likeness (QED) is 0.827. The zero-order chi connectivity index (χ0) is 16.9. The van der Waals surface area contributed by atoms with Gasteiger partial charge in [0, 0.05) is 44.2 Å². The van der Waals surface area contributed by atoms with Crippen molar-refractivity contribution in [2.75, 3.05) is 39.3 Å². The van der Waals surface area contributed by atoms with Crippen LogP contribution in [0.3, 0.4) is 0 Å². The topological polar surface area (TPSA) is 69.7 Å². The molecule has 1 saturated heterocycles. The number of amides is 1. The van der Waals surface area contributed by atoms with Gasteiger partial charge >= 0.3 is 0 Å². The summed E-state index contributed by atoms with van der Waals surface area (Å²) < 4.78 is 26.7. The van der Waals surface area contributed by atoms with E-state index in [4.69, 9.17) is 11.6 Å². The van der Waals surface area contributed by atoms with E-state index in [2.05, 4.69) is 16.5 Å². The molecule has 8 heteroatoms. The number of sulfonamides is 1. The molecule has 6 nitrogen and oxygen atoms in total. The van der Waals surface area contributed by atoms with Crippen LogP contribution in [-0.2, 0) is 14.8 Å². The Balaban J connectivity index is 1.80. The lowest BCUT2D eigenvalue weighted by atomic mass is 10.3. The SMILES string of the molecule is CCN1CCN(C(=O)CCNS(=O)(=O)c2ccc(Cl)cc2)CC1. The number of likely N-dealkylation sites (N-methyl/N-ethyl adjacent to an activating group) is 1. The summed E-state index contributed by atoms with van der Waals surface area (Å²) in [5.74, 6) is -0.0143. The van der Waals surface area contributed by atoms with Gasteiger partial charge in [0.1, 0.15) is 0 Å². The van der Waals surface area contributed by atoms with Gasteiger partial charge in [-0.05, 0) is 30.8 Å². The lowest BCUT2D eigenvalue weighted by Gasteiger charge is -2.34. The Labute approximate surface area is 142 Å². The first-order chi connectivity index (χ1) is 10.9. The Morgan fingerprint density at radius 3 is 2.35 bits per heavy atom. The monoisotopic (exact) mass is 359 g/mol. The highest BCUT2D eigenvalue weighted by atomic mass is 35.5. The predicted octanol–water partition coefficient (Wildman–Crippen LogP) is 1.17. The van der Waals surface area contributed by atoms with Crippen molar-refractivity contribution in [2.24, 2.45) is 0 Å². The fraction of sp³-hybridized carbons (Fsp3) is 0.533. The van der Waals surface area contributed by atoms with Gasteiger partial charge in [-0.15, -0.1) is 0 Å². The van der Waals surface area contributed by atoms with Crippen LogP contribution < -0.4 is 4.72 Å². The molecule has 1 heterocycles. The first-order valence-corrected chi connectivity index (χ1v) is 9.54. The average Bonchev–Trinajstić information content (AvgIpc) is 2.55. The lowest BCUT2D eigenvalue weighted by Crippen LogP contribution is -2.49. The predicted molar refractivity (Wildman–Crippen MR) is 90.0 cm³/mol. The molecule has 0 saturated carbocycles. The molecule has 128 valence electrons. The van der Waals surface area contributed by atoms with Crippen LogP contribution in [0.1, 0.15) is 13.3 Å². The smallest absolute Gasteiger partial charge is 0.240 e. The van der Waals surface area contributed by atoms with Crippen molar-refractivity contribution in [3.63, 3.8) is 0 Å². The van der Waals surface area contributed by atoms with Crippen LogP contribution in [0.25, 0.3) is 0 Å². The molecular weight excluding hydrogens is 338 g/mol. The zero-order valence-corrected chi connectivity index (χ0v) is 14.7. The van der Waals surface area contributed by atoms with Crippen molar-refractivity contribution in [2.45, 2.75) is 18.2 Å². The number of nitrogens with zero attached hydrogens (tertiary/aromatic N) is 2. The normalized spacial score (nSPS) is 16.5. The molecule has 1 aromatic rings. The molecule has 0 unspecified atom stereocenters. The van der Waals surface area contributed by atoms with Crippen LogP contribution in [0.15, 0.2) is 29.2 Å². The largest absolute Gasteiger partial charge is 0.340 e. The Bertz CT molecular complexity index is 626. The van der Waals surface area contributed by atoms with Crippen LogP contribution in [0, 0.1) is 0 Å². The van der Waals surface area contributed by atoms with Gasteiger partial charge in [0.25, 0.3) is 0 Å². The summed E-state index contributed by atoms with van der Waals surface area (Å²) in [5.41, 5.74) is 0. The third-order valence-electron chi connectivity index (χ3n) is 3.93. The van der Waals surface area contributed by atoms with Crippen molar-refractivity contribution < 1.29 is 13.2 Å². The maximum Gasteiger partial charge on any atom is 0.240 e. The minimum Gasteiger partial charge on any atom is -0.340 e. The van der Waals surface area contributed by atoms with Gasteiger partial charge in [0.2, 0.25) is 15.9 Å². The number of benzene rings is 1. The molecule has 2 rings (SSSR count). The third-order valence-corrected chi connectivity index (χ3v) is 5.66. The highest BCUT2D eigenvalue weighted by Crippen LogP contribution is 2.13. The summed E-state index contributed by atoms with van der Waals surface area (Å²) in [4.78, 5) is 16.3. The van der Waals surface area contributed by atoms with Gasteiger partial charge in [0.15, 0.2) is 0 Å². The molecule has 0 bridgehead atoms. The fourth-order valence-corrected chi connectivity index (χ4v) is 3.62. The minimum absolute atomic E-state index is 0.0143. The number of piperazine rings is 1. The summed E-state index contributed by atoms with van der Waals surface area (Å²) in [7, 11) is -3.60. The molecule has 1 N–H and O–H groups in total. The number of rotatable bonds is 6. The van der Waals surface area contributed by atoms with Crippen LogP contribution in [0.4, 0.5) is 0 Å². The highest BCUT2D eigenvalue weighted by molar-refractivity contribution is 7.89. The van der Waals surface area contributed by atoms with Crippen LogP contribution in [0.2, 0.25) is 5.02 Å². The molecule has 1 aliphatic rings. The number of nitrogens with one attached hydrogen (secondary N) is 1. The van der Waals surface area contributed by atoms with Crippen molar-refractivity contribution >= 4 is 27.5 Å². The molecule has 0 spiro atoms. The third kappa shape index (κ3) is 5.17. The number of halogens is 1. The van der Waals surface area contributed by atoms with Gasteiger partial charge in [0.05, 0.1) is 4.90 Å². The molecule has 0 aliphatic carbocycles. The molecule has 1 aliphatic heterocycles. The Morgan fingerprint density at radius 1 is 1.17 bits per heavy atom. The molecular formula is C15H22ClN3O3S. The van der Waals surface area contributed by atoms with Crippen LogP contribution >= 0.6 is 11.6 Å². The first-order valence-electron chi connectivity index (χ1n) is 7.68. The van der Waals surface area contributed by atoms with Crippen molar-refractivity contribution in [3.05, 3.63) is 29.3 Å². The summed E-state index contributed by atoms with van der Waals surface area (Å²) in [6, 6.07) is 5.93. The zero-order valence-electron chi connectivity index (χ0n) is 13.2. The van der Waals surface area contributed by atoms with E-state index < -0.39 is 10.0 Å². The minimum atomic E-state index is -3.60. The van der Waals surface area contributed by atoms with E-state index in [0.29, 0.717) is 18.1 Å². The van der Waals surface area contributed by atoms with Gasteiger partial charge < -0.3 is 9.80 Å². The summed E-state index contributed by atoms with van der Waals surface area (Å²) >= 11 is 5.75. The summed E-state index contributed by atoms with van der Waals surface area (Å²) in [5, 5.41) is 0.477. The molecule has 23 heavy (non-hydrogen) atoms. The Kier molecular flexibility index (Phi) is 6.41. The second-order valence-electron chi connectivity index (χ2n) is 5.42. The van der Waals surface area contributed by atoms with E-state index in [0.717, 1.165) is 19.6 Å². The van der Waals surface area contributed by atoms with Gasteiger partial charge in [-0.3, -0.25) is 4.79 Å². The van der Waals surface area contributed by atoms with Crippen LogP contribution in [0.5, 0.6) is 0 Å². The molecule has 0 aromatic heterocycles. The molecule has 1 aromatic carbocycles. The van der Waals surface area contributed by atoms with Crippen LogP contribution in [-0.4, -0.2) is 63.4 Å². The van der Waals surface area contributed by atoms with Crippen molar-refractivity contribution in [3.8, 4) is 0 Å². The summed E-state index contributed by atoms with van der Waals surface area (Å²) in [6.07, 6.45) is 0.166. The van der Waals surface area contributed by atoms with Gasteiger partial charge in [-0.2, -0.15) is 0 Å². The Morgan fingerprint density at radius 2 is 1.78 bits per heavy atom. The second kappa shape index (κ2) is 8.10. The molecule has 1 amide bonds. The highest BCUT2D eigenvalue weighted by Gasteiger charge is 2.20. The van der Waals surface area contributed by atoms with E-state index in [1.54, 1.807) is 4.90 Å². The second-order valence-corrected chi connectivity index (χ2v) is 7.62. The number of carbonyl (C=O) groups excluding carboxylic acids is 1. The number of hydrogen-bond donors (Lipinski definition) is 1. The molecule has 0 atom stereocenters. The maximum absolute atomic E-state index is 12.1. The lowest BCUT2D eigenvalue weighted by molar-refractivity contribution is -0.132. The first kappa shape index (κ1) is 18.2. The van der Waals surface area contributed by atoms with E-state index >= 15 is 0 Å². The van der Waals surface area contributed by atoms with E-state index in [9.17, 15) is 13.2 Å². The standard InChI is InChI=1S/C15H22ClN3O3S/c1-2-18-9-11-19(12-10-18)15(20)7-8-17-23(21,22)14-5-3-13(16)4-6-14/h3-6,17H,2,7-12H2,1H3. The van der Waals surface area contributed by atoms with E-state index in [1.807, 2.05) is 0 Å². The average molecular weight is 360 g/mol. The number of hydrogen-bond acceptors (Lipinski definition) is 4. The summed E-state index contributed by atoms with van der Waals surface area (Å²) in [6.45, 7) is 6.34. The van der Waals surface area contributed by atoms with Crippen molar-refractivity contribution in [1.29, 1.82) is 0 Å². The van der Waals surface area contributed by atoms with Gasteiger partial charge in [-0.1, -0.05) is 18.5 Å². The van der Waals surface area contributed by atoms with Gasteiger partial charge in [-0.25, -0.2) is 13.1 Å². The molecule has 0 radical (unpaired) electrons. The Hall–Kier alpha value is -1.15. The maximum atomic E-state index is 12.1. The number of carbonyl (C=O) groups is 1. The van der Waals surface area contributed by atoms with Crippen molar-refractivity contribution in [1.82, 2.24) is 14.5 Å².